The van der Waals surface area contributed by atoms with E-state index >= 15 is 0 Å². The van der Waals surface area contributed by atoms with Crippen LogP contribution in [0.5, 0.6) is 0 Å². The van der Waals surface area contributed by atoms with Crippen molar-refractivity contribution >= 4 is 11.8 Å². The van der Waals surface area contributed by atoms with Crippen molar-refractivity contribution in [2.45, 2.75) is 33.1 Å². The predicted octanol–water partition coefficient (Wildman–Crippen LogP) is 1.55. The monoisotopic (exact) mass is 184 g/mol. The Labute approximate surface area is 78.5 Å². The molecule has 0 N–H and O–H groups in total. The van der Waals surface area contributed by atoms with E-state index in [0.717, 1.165) is 6.42 Å². The first-order valence-corrected chi connectivity index (χ1v) is 4.57. The van der Waals surface area contributed by atoms with Crippen molar-refractivity contribution in [3.63, 3.8) is 0 Å². The largest absolute Gasteiger partial charge is 0.468 e. The summed E-state index contributed by atoms with van der Waals surface area (Å²) < 4.78 is 4.57. The standard InChI is InChI=1S/C10H16O3/c1-10(2)5-4-7(8(11)6-10)9(12)13-3/h7H,4-6H2,1-3H3/t7-/m0/s1. The molecule has 0 radical (unpaired) electrons. The molecule has 0 amide bonds. The fourth-order valence-electron chi connectivity index (χ4n) is 1.77. The van der Waals surface area contributed by atoms with Crippen molar-refractivity contribution in [2.75, 3.05) is 7.11 Å². The van der Waals surface area contributed by atoms with E-state index in [9.17, 15) is 9.59 Å². The van der Waals surface area contributed by atoms with Gasteiger partial charge in [0.05, 0.1) is 7.11 Å². The zero-order chi connectivity index (χ0) is 10.1. The number of ketones is 1. The molecule has 1 fully saturated rings. The quantitative estimate of drug-likeness (QED) is 0.458. The van der Waals surface area contributed by atoms with Crippen molar-refractivity contribution in [2.24, 2.45) is 11.3 Å². The lowest BCUT2D eigenvalue weighted by atomic mass is 9.72. The van der Waals surface area contributed by atoms with Gasteiger partial charge in [-0.1, -0.05) is 13.8 Å². The van der Waals surface area contributed by atoms with Gasteiger partial charge >= 0.3 is 5.97 Å². The van der Waals surface area contributed by atoms with E-state index in [1.807, 2.05) is 0 Å². The molecule has 0 aliphatic heterocycles. The molecule has 3 heteroatoms. The Morgan fingerprint density at radius 3 is 2.62 bits per heavy atom. The van der Waals surface area contributed by atoms with E-state index in [0.29, 0.717) is 12.8 Å². The van der Waals surface area contributed by atoms with Crippen LogP contribution in [0.1, 0.15) is 33.1 Å². The molecule has 0 bridgehead atoms. The summed E-state index contributed by atoms with van der Waals surface area (Å²) >= 11 is 0. The highest BCUT2D eigenvalue weighted by molar-refractivity contribution is 5.99. The van der Waals surface area contributed by atoms with Crippen molar-refractivity contribution in [1.29, 1.82) is 0 Å². The topological polar surface area (TPSA) is 43.4 Å². The lowest BCUT2D eigenvalue weighted by Gasteiger charge is -2.31. The Morgan fingerprint density at radius 2 is 2.15 bits per heavy atom. The van der Waals surface area contributed by atoms with E-state index in [-0.39, 0.29) is 17.2 Å². The van der Waals surface area contributed by atoms with Gasteiger partial charge in [-0.2, -0.15) is 0 Å². The Balaban J connectivity index is 2.64. The molecule has 1 rings (SSSR count). The Bertz CT molecular complexity index is 230. The molecular formula is C10H16O3. The van der Waals surface area contributed by atoms with Gasteiger partial charge in [-0.3, -0.25) is 9.59 Å². The van der Waals surface area contributed by atoms with Crippen LogP contribution in [0.4, 0.5) is 0 Å². The number of esters is 1. The summed E-state index contributed by atoms with van der Waals surface area (Å²) in [7, 11) is 1.33. The lowest BCUT2D eigenvalue weighted by molar-refractivity contribution is -0.152. The van der Waals surface area contributed by atoms with Gasteiger partial charge in [0.15, 0.2) is 0 Å². The molecule has 0 heterocycles. The van der Waals surface area contributed by atoms with E-state index < -0.39 is 5.92 Å². The van der Waals surface area contributed by atoms with Crippen molar-refractivity contribution in [3.05, 3.63) is 0 Å². The molecule has 1 atom stereocenters. The average Bonchev–Trinajstić information content (AvgIpc) is 2.01. The molecule has 0 aromatic carbocycles. The van der Waals surface area contributed by atoms with Gasteiger partial charge in [0.2, 0.25) is 0 Å². The minimum atomic E-state index is -0.502. The molecule has 0 saturated heterocycles. The van der Waals surface area contributed by atoms with Gasteiger partial charge in [0.1, 0.15) is 11.7 Å². The van der Waals surface area contributed by atoms with Gasteiger partial charge in [-0.05, 0) is 18.3 Å². The summed E-state index contributed by atoms with van der Waals surface area (Å²) in [6.07, 6.45) is 2.05. The van der Waals surface area contributed by atoms with Crippen LogP contribution in [0.15, 0.2) is 0 Å². The van der Waals surface area contributed by atoms with E-state index in [1.54, 1.807) is 0 Å². The maximum atomic E-state index is 11.5. The number of rotatable bonds is 1. The first-order chi connectivity index (χ1) is 5.96. The molecule has 1 saturated carbocycles. The minimum Gasteiger partial charge on any atom is -0.468 e. The third-order valence-electron chi connectivity index (χ3n) is 2.64. The van der Waals surface area contributed by atoms with Crippen LogP contribution in [-0.2, 0) is 14.3 Å². The third kappa shape index (κ3) is 2.29. The van der Waals surface area contributed by atoms with Crippen LogP contribution in [0.25, 0.3) is 0 Å². The second-order valence-corrected chi connectivity index (χ2v) is 4.42. The zero-order valence-corrected chi connectivity index (χ0v) is 8.42. The maximum Gasteiger partial charge on any atom is 0.316 e. The van der Waals surface area contributed by atoms with Gasteiger partial charge in [-0.15, -0.1) is 0 Å². The van der Waals surface area contributed by atoms with E-state index in [4.69, 9.17) is 0 Å². The molecule has 0 aromatic heterocycles. The van der Waals surface area contributed by atoms with Crippen molar-refractivity contribution in [3.8, 4) is 0 Å². The Hall–Kier alpha value is -0.860. The molecule has 74 valence electrons. The number of hydrogen-bond acceptors (Lipinski definition) is 3. The highest BCUT2D eigenvalue weighted by Gasteiger charge is 2.37. The van der Waals surface area contributed by atoms with Crippen LogP contribution in [0.2, 0.25) is 0 Å². The van der Waals surface area contributed by atoms with Crippen LogP contribution in [0.3, 0.4) is 0 Å². The summed E-state index contributed by atoms with van der Waals surface area (Å²) in [5.74, 6) is -0.846. The number of carbonyl (C=O) groups excluding carboxylic acids is 2. The normalized spacial score (nSPS) is 27.0. The molecular weight excluding hydrogens is 168 g/mol. The molecule has 3 nitrogen and oxygen atoms in total. The summed E-state index contributed by atoms with van der Waals surface area (Å²) in [5.41, 5.74) is 0.0571. The molecule has 1 aliphatic carbocycles. The Morgan fingerprint density at radius 1 is 1.54 bits per heavy atom. The average molecular weight is 184 g/mol. The summed E-state index contributed by atoms with van der Waals surface area (Å²) in [6.45, 7) is 4.11. The molecule has 0 aromatic rings. The zero-order valence-electron chi connectivity index (χ0n) is 8.42. The summed E-state index contributed by atoms with van der Waals surface area (Å²) in [6, 6.07) is 0. The van der Waals surface area contributed by atoms with Gasteiger partial charge in [-0.25, -0.2) is 0 Å². The van der Waals surface area contributed by atoms with Gasteiger partial charge in [0, 0.05) is 6.42 Å². The van der Waals surface area contributed by atoms with Crippen LogP contribution in [0, 0.1) is 11.3 Å². The summed E-state index contributed by atoms with van der Waals surface area (Å²) in [5, 5.41) is 0. The highest BCUT2D eigenvalue weighted by Crippen LogP contribution is 2.36. The number of hydrogen-bond donors (Lipinski definition) is 0. The van der Waals surface area contributed by atoms with E-state index in [2.05, 4.69) is 18.6 Å². The van der Waals surface area contributed by atoms with Crippen molar-refractivity contribution < 1.29 is 14.3 Å². The molecule has 1 aliphatic rings. The Kier molecular flexibility index (Phi) is 2.74. The van der Waals surface area contributed by atoms with Crippen LogP contribution in [-0.4, -0.2) is 18.9 Å². The third-order valence-corrected chi connectivity index (χ3v) is 2.64. The molecule has 0 spiro atoms. The number of Topliss-reactive ketones (excluding diaryl/α,β-unsaturated/α-hetero) is 1. The molecule has 0 unspecified atom stereocenters. The first kappa shape index (κ1) is 10.2. The SMILES string of the molecule is COC(=O)[C@H]1CCC(C)(C)CC1=O. The number of methoxy groups -OCH3 is 1. The van der Waals surface area contributed by atoms with Crippen LogP contribution >= 0.6 is 0 Å². The first-order valence-electron chi connectivity index (χ1n) is 4.57. The van der Waals surface area contributed by atoms with E-state index in [1.165, 1.54) is 7.11 Å². The van der Waals surface area contributed by atoms with Crippen LogP contribution < -0.4 is 0 Å². The lowest BCUT2D eigenvalue weighted by Crippen LogP contribution is -2.35. The number of ether oxygens (including phenoxy) is 1. The highest BCUT2D eigenvalue weighted by atomic mass is 16.5. The molecule has 13 heavy (non-hydrogen) atoms. The van der Waals surface area contributed by atoms with Gasteiger partial charge in [0.25, 0.3) is 0 Å². The fourth-order valence-corrected chi connectivity index (χ4v) is 1.77. The minimum absolute atomic E-state index is 0.0306. The number of carbonyl (C=O) groups is 2. The second kappa shape index (κ2) is 3.48. The van der Waals surface area contributed by atoms with Crippen molar-refractivity contribution in [1.82, 2.24) is 0 Å². The summed E-state index contributed by atoms with van der Waals surface area (Å²) in [4.78, 5) is 22.7. The smallest absolute Gasteiger partial charge is 0.316 e. The van der Waals surface area contributed by atoms with Gasteiger partial charge < -0.3 is 4.74 Å². The predicted molar refractivity (Wildman–Crippen MR) is 48.1 cm³/mol. The fraction of sp³-hybridized carbons (Fsp3) is 0.800. The second-order valence-electron chi connectivity index (χ2n) is 4.42. The maximum absolute atomic E-state index is 11.5.